The van der Waals surface area contributed by atoms with Gasteiger partial charge in [0.25, 0.3) is 5.91 Å². The fourth-order valence-corrected chi connectivity index (χ4v) is 4.23. The molecule has 31 heavy (non-hydrogen) atoms. The van der Waals surface area contributed by atoms with Gasteiger partial charge in [-0.25, -0.2) is 14.6 Å². The lowest BCUT2D eigenvalue weighted by Crippen LogP contribution is -2.49. The van der Waals surface area contributed by atoms with E-state index in [1.807, 2.05) is 53.4 Å². The van der Waals surface area contributed by atoms with Crippen molar-refractivity contribution in [2.45, 2.75) is 0 Å². The van der Waals surface area contributed by atoms with Crippen LogP contribution in [0.4, 0.5) is 5.82 Å². The summed E-state index contributed by atoms with van der Waals surface area (Å²) < 4.78 is 2.72. The minimum atomic E-state index is 0.0498. The number of hydrogen-bond acceptors (Lipinski definition) is 5. The lowest BCUT2D eigenvalue weighted by atomic mass is 10.2. The summed E-state index contributed by atoms with van der Waals surface area (Å²) in [5.74, 6) is 0.878. The molecule has 1 aliphatic rings. The zero-order valence-corrected chi connectivity index (χ0v) is 18.8. The van der Waals surface area contributed by atoms with E-state index in [0.717, 1.165) is 27.0 Å². The summed E-state index contributed by atoms with van der Waals surface area (Å²) in [6.45, 7) is 2.64. The van der Waals surface area contributed by atoms with E-state index in [4.69, 9.17) is 11.6 Å². The van der Waals surface area contributed by atoms with E-state index in [1.54, 1.807) is 17.2 Å². The number of fused-ring (bicyclic) bond motifs is 1. The first-order chi connectivity index (χ1) is 15.1. The minimum absolute atomic E-state index is 0.0498. The Balaban J connectivity index is 1.36. The van der Waals surface area contributed by atoms with Crippen molar-refractivity contribution < 1.29 is 4.79 Å². The molecule has 7 nitrogen and oxygen atoms in total. The average molecular weight is 498 g/mol. The van der Waals surface area contributed by atoms with Crippen molar-refractivity contribution in [2.24, 2.45) is 0 Å². The topological polar surface area (TPSA) is 67.2 Å². The molecule has 0 radical (unpaired) electrons. The lowest BCUT2D eigenvalue weighted by molar-refractivity contribution is 0.0746. The number of carbonyl (C=O) groups is 1. The first-order valence-electron chi connectivity index (χ1n) is 9.84. The van der Waals surface area contributed by atoms with E-state index < -0.39 is 0 Å². The Morgan fingerprint density at radius 3 is 2.52 bits per heavy atom. The second-order valence-corrected chi connectivity index (χ2v) is 8.61. The minimum Gasteiger partial charge on any atom is -0.352 e. The Bertz CT molecular complexity index is 1250. The molecule has 1 fully saturated rings. The lowest BCUT2D eigenvalue weighted by Gasteiger charge is -2.35. The summed E-state index contributed by atoms with van der Waals surface area (Å²) >= 11 is 9.55. The summed E-state index contributed by atoms with van der Waals surface area (Å²) in [7, 11) is 0. The molecule has 1 saturated heterocycles. The Morgan fingerprint density at radius 2 is 1.77 bits per heavy atom. The highest BCUT2D eigenvalue weighted by Gasteiger charge is 2.25. The number of amides is 1. The molecule has 2 aromatic carbocycles. The molecule has 1 aliphatic heterocycles. The summed E-state index contributed by atoms with van der Waals surface area (Å²) in [6.07, 6.45) is 3.34. The zero-order valence-electron chi connectivity index (χ0n) is 16.4. The predicted octanol–water partition coefficient (Wildman–Crippen LogP) is 4.19. The molecule has 5 rings (SSSR count). The highest BCUT2D eigenvalue weighted by atomic mass is 79.9. The Labute approximate surface area is 192 Å². The molecular formula is C22H18BrClN6O. The van der Waals surface area contributed by atoms with Crippen LogP contribution in [-0.4, -0.2) is 56.7 Å². The van der Waals surface area contributed by atoms with Gasteiger partial charge < -0.3 is 9.80 Å². The number of nitrogens with zero attached hydrogens (tertiary/aromatic N) is 6. The van der Waals surface area contributed by atoms with Crippen molar-refractivity contribution in [1.29, 1.82) is 0 Å². The fraction of sp³-hybridized carbons (Fsp3) is 0.182. The monoisotopic (exact) mass is 496 g/mol. The van der Waals surface area contributed by atoms with E-state index in [2.05, 4.69) is 35.9 Å². The molecule has 0 saturated carbocycles. The van der Waals surface area contributed by atoms with E-state index >= 15 is 0 Å². The maximum atomic E-state index is 12.8. The Hall–Kier alpha value is -2.97. The second-order valence-electron chi connectivity index (χ2n) is 7.26. The molecule has 2 aromatic heterocycles. The smallest absolute Gasteiger partial charge is 0.253 e. The van der Waals surface area contributed by atoms with Gasteiger partial charge in [-0.05, 0) is 42.5 Å². The van der Waals surface area contributed by atoms with Gasteiger partial charge in [-0.15, -0.1) is 0 Å². The van der Waals surface area contributed by atoms with Gasteiger partial charge in [0.2, 0.25) is 0 Å². The van der Waals surface area contributed by atoms with Crippen LogP contribution in [-0.2, 0) is 0 Å². The summed E-state index contributed by atoms with van der Waals surface area (Å²) in [6, 6.07) is 15.0. The molecule has 0 N–H and O–H groups in total. The van der Waals surface area contributed by atoms with Crippen LogP contribution in [0.3, 0.4) is 0 Å². The molecule has 0 aliphatic carbocycles. The van der Waals surface area contributed by atoms with Crippen molar-refractivity contribution in [3.8, 4) is 5.69 Å². The van der Waals surface area contributed by atoms with E-state index in [0.29, 0.717) is 36.8 Å². The number of piperazine rings is 1. The van der Waals surface area contributed by atoms with Gasteiger partial charge in [-0.3, -0.25) is 4.79 Å². The number of benzene rings is 2. The molecule has 4 aromatic rings. The van der Waals surface area contributed by atoms with Crippen LogP contribution >= 0.6 is 27.5 Å². The quantitative estimate of drug-likeness (QED) is 0.424. The maximum Gasteiger partial charge on any atom is 0.253 e. The Kier molecular flexibility index (Phi) is 5.33. The normalized spacial score (nSPS) is 14.3. The zero-order chi connectivity index (χ0) is 21.4. The van der Waals surface area contributed by atoms with Crippen molar-refractivity contribution in [1.82, 2.24) is 24.6 Å². The standard InChI is InChI=1S/C22H18BrClN6O/c23-16-6-4-15(5-7-16)22(31)29-10-8-28(9-11-29)20-19-13-27-30(21(19)26-14-25-20)18-3-1-2-17(24)12-18/h1-7,12-14H,8-11H2. The third-order valence-electron chi connectivity index (χ3n) is 5.36. The Morgan fingerprint density at radius 1 is 1.00 bits per heavy atom. The van der Waals surface area contributed by atoms with Gasteiger partial charge in [-0.2, -0.15) is 5.10 Å². The van der Waals surface area contributed by atoms with E-state index in [1.165, 1.54) is 0 Å². The van der Waals surface area contributed by atoms with Crippen molar-refractivity contribution >= 4 is 50.3 Å². The van der Waals surface area contributed by atoms with Gasteiger partial charge >= 0.3 is 0 Å². The second kappa shape index (κ2) is 8.28. The van der Waals surface area contributed by atoms with Crippen LogP contribution in [0.15, 0.2) is 65.5 Å². The van der Waals surface area contributed by atoms with Crippen LogP contribution in [0.5, 0.6) is 0 Å². The summed E-state index contributed by atoms with van der Waals surface area (Å²) in [5.41, 5.74) is 2.27. The molecule has 9 heteroatoms. The van der Waals surface area contributed by atoms with E-state index in [9.17, 15) is 4.79 Å². The van der Waals surface area contributed by atoms with Crippen LogP contribution in [0.2, 0.25) is 5.02 Å². The third kappa shape index (κ3) is 3.88. The van der Waals surface area contributed by atoms with Gasteiger partial charge in [0.1, 0.15) is 12.1 Å². The first kappa shape index (κ1) is 20.0. The van der Waals surface area contributed by atoms with Gasteiger partial charge in [0, 0.05) is 41.2 Å². The van der Waals surface area contributed by atoms with Gasteiger partial charge in [0.05, 0.1) is 17.3 Å². The number of halogens is 2. The number of hydrogen-bond donors (Lipinski definition) is 0. The van der Waals surface area contributed by atoms with Crippen LogP contribution < -0.4 is 4.90 Å². The molecule has 0 bridgehead atoms. The van der Waals surface area contributed by atoms with Crippen molar-refractivity contribution in [2.75, 3.05) is 31.1 Å². The largest absolute Gasteiger partial charge is 0.352 e. The first-order valence-corrected chi connectivity index (χ1v) is 11.0. The molecule has 3 heterocycles. The highest BCUT2D eigenvalue weighted by Crippen LogP contribution is 2.26. The SMILES string of the molecule is O=C(c1ccc(Br)cc1)N1CCN(c2ncnc3c2cnn3-c2cccc(Cl)c2)CC1. The predicted molar refractivity (Wildman–Crippen MR) is 124 cm³/mol. The molecule has 156 valence electrons. The molecular weight excluding hydrogens is 480 g/mol. The molecule has 0 spiro atoms. The van der Waals surface area contributed by atoms with Crippen molar-refractivity contribution in [3.63, 3.8) is 0 Å². The van der Waals surface area contributed by atoms with Crippen molar-refractivity contribution in [3.05, 3.63) is 76.1 Å². The summed E-state index contributed by atoms with van der Waals surface area (Å²) in [5, 5.41) is 6.02. The molecule has 1 amide bonds. The average Bonchev–Trinajstić information content (AvgIpc) is 3.24. The molecule has 0 atom stereocenters. The maximum absolute atomic E-state index is 12.8. The number of anilines is 1. The molecule has 0 unspecified atom stereocenters. The highest BCUT2D eigenvalue weighted by molar-refractivity contribution is 9.10. The van der Waals surface area contributed by atoms with Crippen LogP contribution in [0.1, 0.15) is 10.4 Å². The number of carbonyl (C=O) groups excluding carboxylic acids is 1. The number of aromatic nitrogens is 4. The van der Waals surface area contributed by atoms with Crippen LogP contribution in [0, 0.1) is 0 Å². The van der Waals surface area contributed by atoms with Gasteiger partial charge in [-0.1, -0.05) is 33.6 Å². The fourth-order valence-electron chi connectivity index (χ4n) is 3.78. The summed E-state index contributed by atoms with van der Waals surface area (Å²) in [4.78, 5) is 25.8. The van der Waals surface area contributed by atoms with E-state index in [-0.39, 0.29) is 5.91 Å². The van der Waals surface area contributed by atoms with Crippen LogP contribution in [0.25, 0.3) is 16.7 Å². The number of rotatable bonds is 3. The van der Waals surface area contributed by atoms with Gasteiger partial charge in [0.15, 0.2) is 5.65 Å². The third-order valence-corrected chi connectivity index (χ3v) is 6.12.